The average Bonchev–Trinajstić information content (AvgIpc) is 2.60. The number of nitriles is 1. The second-order valence-electron chi connectivity index (χ2n) is 5.01. The van der Waals surface area contributed by atoms with Gasteiger partial charge in [0.05, 0.1) is 24.3 Å². The van der Waals surface area contributed by atoms with E-state index in [1.54, 1.807) is 48.5 Å². The first-order chi connectivity index (χ1) is 11.2. The highest BCUT2D eigenvalue weighted by molar-refractivity contribution is 6.03. The van der Waals surface area contributed by atoms with Gasteiger partial charge in [0.15, 0.2) is 0 Å². The van der Waals surface area contributed by atoms with Crippen LogP contribution in [0.5, 0.6) is 0 Å². The topological polar surface area (TPSA) is 50.1 Å². The van der Waals surface area contributed by atoms with Gasteiger partial charge >= 0.3 is 5.97 Å². The van der Waals surface area contributed by atoms with Crippen LogP contribution in [0.15, 0.2) is 54.6 Å². The van der Waals surface area contributed by atoms with Crippen molar-refractivity contribution in [3.63, 3.8) is 0 Å². The zero-order valence-corrected chi connectivity index (χ0v) is 12.3. The number of methoxy groups -OCH3 is 1. The van der Waals surface area contributed by atoms with E-state index in [2.05, 4.69) is 6.07 Å². The standard InChI is InChI=1S/C19H12FNO2/c1-23-19(22)13-8-6-12-7-9-14(11-21)18(16(12)10-13)15-4-2-3-5-17(15)20/h2-10H,1H3. The van der Waals surface area contributed by atoms with Crippen molar-refractivity contribution in [1.82, 2.24) is 0 Å². The van der Waals surface area contributed by atoms with Gasteiger partial charge in [-0.2, -0.15) is 5.26 Å². The summed E-state index contributed by atoms with van der Waals surface area (Å²) in [6, 6.07) is 16.8. The van der Waals surface area contributed by atoms with Crippen molar-refractivity contribution in [2.24, 2.45) is 0 Å². The third-order valence-corrected chi connectivity index (χ3v) is 3.71. The summed E-state index contributed by atoms with van der Waals surface area (Å²) in [4.78, 5) is 11.8. The van der Waals surface area contributed by atoms with Gasteiger partial charge in [-0.1, -0.05) is 30.3 Å². The molecular weight excluding hydrogens is 293 g/mol. The van der Waals surface area contributed by atoms with E-state index in [0.717, 1.165) is 5.39 Å². The van der Waals surface area contributed by atoms with E-state index < -0.39 is 11.8 Å². The zero-order valence-electron chi connectivity index (χ0n) is 12.3. The van der Waals surface area contributed by atoms with E-state index in [1.165, 1.54) is 13.2 Å². The third-order valence-electron chi connectivity index (χ3n) is 3.71. The summed E-state index contributed by atoms with van der Waals surface area (Å²) in [7, 11) is 1.30. The predicted molar refractivity (Wildman–Crippen MR) is 85.4 cm³/mol. The minimum atomic E-state index is -0.478. The van der Waals surface area contributed by atoms with Crippen LogP contribution < -0.4 is 0 Å². The highest BCUT2D eigenvalue weighted by Crippen LogP contribution is 2.34. The lowest BCUT2D eigenvalue weighted by Crippen LogP contribution is -2.01. The van der Waals surface area contributed by atoms with Crippen LogP contribution in [0.3, 0.4) is 0 Å². The van der Waals surface area contributed by atoms with Gasteiger partial charge in [-0.25, -0.2) is 9.18 Å². The Morgan fingerprint density at radius 3 is 2.57 bits per heavy atom. The number of benzene rings is 3. The number of nitrogens with zero attached hydrogens (tertiary/aromatic N) is 1. The molecule has 3 rings (SSSR count). The number of rotatable bonds is 2. The lowest BCUT2D eigenvalue weighted by atomic mass is 9.92. The summed E-state index contributed by atoms with van der Waals surface area (Å²) in [6.07, 6.45) is 0. The second kappa shape index (κ2) is 5.90. The van der Waals surface area contributed by atoms with E-state index >= 15 is 0 Å². The smallest absolute Gasteiger partial charge is 0.337 e. The fraction of sp³-hybridized carbons (Fsp3) is 0.0526. The lowest BCUT2D eigenvalue weighted by molar-refractivity contribution is 0.0601. The number of hydrogen-bond donors (Lipinski definition) is 0. The van der Waals surface area contributed by atoms with Crippen LogP contribution in [0.2, 0.25) is 0 Å². The van der Waals surface area contributed by atoms with E-state index in [0.29, 0.717) is 27.6 Å². The molecule has 4 heteroatoms. The van der Waals surface area contributed by atoms with Gasteiger partial charge in [0.2, 0.25) is 0 Å². The molecule has 0 amide bonds. The Labute approximate surface area is 132 Å². The molecule has 112 valence electrons. The van der Waals surface area contributed by atoms with E-state index in [-0.39, 0.29) is 0 Å². The maximum atomic E-state index is 14.2. The maximum Gasteiger partial charge on any atom is 0.337 e. The van der Waals surface area contributed by atoms with Crippen LogP contribution in [-0.4, -0.2) is 13.1 Å². The molecule has 0 aliphatic heterocycles. The molecule has 0 aromatic heterocycles. The van der Waals surface area contributed by atoms with Crippen molar-refractivity contribution in [2.75, 3.05) is 7.11 Å². The summed E-state index contributed by atoms with van der Waals surface area (Å²) in [5.74, 6) is -0.895. The molecule has 3 aromatic carbocycles. The van der Waals surface area contributed by atoms with Crippen molar-refractivity contribution in [1.29, 1.82) is 5.26 Å². The largest absolute Gasteiger partial charge is 0.465 e. The van der Waals surface area contributed by atoms with Gasteiger partial charge in [0.1, 0.15) is 5.82 Å². The Bertz CT molecular complexity index is 957. The molecule has 0 aliphatic rings. The fourth-order valence-electron chi connectivity index (χ4n) is 2.61. The monoisotopic (exact) mass is 305 g/mol. The second-order valence-corrected chi connectivity index (χ2v) is 5.01. The van der Waals surface area contributed by atoms with Crippen molar-refractivity contribution in [3.05, 3.63) is 71.5 Å². The number of halogens is 1. The van der Waals surface area contributed by atoms with Gasteiger partial charge in [-0.05, 0) is 35.0 Å². The molecule has 3 nitrogen and oxygen atoms in total. The molecule has 3 aromatic rings. The molecule has 0 N–H and O–H groups in total. The SMILES string of the molecule is COC(=O)c1ccc2ccc(C#N)c(-c3ccccc3F)c2c1. The van der Waals surface area contributed by atoms with Crippen LogP contribution in [0.4, 0.5) is 4.39 Å². The van der Waals surface area contributed by atoms with Crippen molar-refractivity contribution < 1.29 is 13.9 Å². The fourth-order valence-corrected chi connectivity index (χ4v) is 2.61. The molecule has 0 heterocycles. The highest BCUT2D eigenvalue weighted by atomic mass is 19.1. The van der Waals surface area contributed by atoms with E-state index in [1.807, 2.05) is 0 Å². The normalized spacial score (nSPS) is 10.3. The Hall–Kier alpha value is -3.19. The average molecular weight is 305 g/mol. The lowest BCUT2D eigenvalue weighted by Gasteiger charge is -2.11. The number of ether oxygens (including phenoxy) is 1. The predicted octanol–water partition coefficient (Wildman–Crippen LogP) is 4.30. The van der Waals surface area contributed by atoms with Gasteiger partial charge < -0.3 is 4.74 Å². The van der Waals surface area contributed by atoms with Crippen molar-refractivity contribution in [2.45, 2.75) is 0 Å². The summed E-state index contributed by atoms with van der Waals surface area (Å²) >= 11 is 0. The minimum Gasteiger partial charge on any atom is -0.465 e. The molecule has 23 heavy (non-hydrogen) atoms. The van der Waals surface area contributed by atoms with Crippen LogP contribution in [0, 0.1) is 17.1 Å². The molecule has 0 atom stereocenters. The summed E-state index contributed by atoms with van der Waals surface area (Å²) in [5.41, 5.74) is 1.52. The molecule has 0 unspecified atom stereocenters. The van der Waals surface area contributed by atoms with E-state index in [4.69, 9.17) is 4.74 Å². The van der Waals surface area contributed by atoms with E-state index in [9.17, 15) is 14.4 Å². The van der Waals surface area contributed by atoms with Gasteiger partial charge in [-0.15, -0.1) is 0 Å². The molecule has 0 saturated carbocycles. The molecule has 0 fully saturated rings. The summed E-state index contributed by atoms with van der Waals surface area (Å²) < 4.78 is 19.0. The molecule has 0 spiro atoms. The quantitative estimate of drug-likeness (QED) is 0.663. The molecule has 0 saturated heterocycles. The minimum absolute atomic E-state index is 0.330. The molecule has 0 radical (unpaired) electrons. The van der Waals surface area contributed by atoms with Crippen LogP contribution in [-0.2, 0) is 4.74 Å². The Morgan fingerprint density at radius 2 is 1.87 bits per heavy atom. The number of fused-ring (bicyclic) bond motifs is 1. The first kappa shape index (κ1) is 14.7. The Morgan fingerprint density at radius 1 is 1.13 bits per heavy atom. The number of esters is 1. The molecule has 0 aliphatic carbocycles. The first-order valence-electron chi connectivity index (χ1n) is 6.96. The van der Waals surface area contributed by atoms with Gasteiger partial charge in [-0.3, -0.25) is 0 Å². The van der Waals surface area contributed by atoms with Crippen LogP contribution >= 0.6 is 0 Å². The van der Waals surface area contributed by atoms with Gasteiger partial charge in [0.25, 0.3) is 0 Å². The van der Waals surface area contributed by atoms with Crippen LogP contribution in [0.1, 0.15) is 15.9 Å². The number of carbonyl (C=O) groups is 1. The Balaban J connectivity index is 2.40. The van der Waals surface area contributed by atoms with Crippen molar-refractivity contribution in [3.8, 4) is 17.2 Å². The van der Waals surface area contributed by atoms with Crippen molar-refractivity contribution >= 4 is 16.7 Å². The highest BCUT2D eigenvalue weighted by Gasteiger charge is 2.15. The number of carbonyl (C=O) groups excluding carboxylic acids is 1. The maximum absolute atomic E-state index is 14.2. The summed E-state index contributed by atoms with van der Waals surface area (Å²) in [6.45, 7) is 0. The molecule has 0 bridgehead atoms. The summed E-state index contributed by atoms with van der Waals surface area (Å²) in [5, 5.41) is 10.8. The Kier molecular flexibility index (Phi) is 3.78. The third kappa shape index (κ3) is 2.53. The number of hydrogen-bond acceptors (Lipinski definition) is 3. The van der Waals surface area contributed by atoms with Crippen LogP contribution in [0.25, 0.3) is 21.9 Å². The molecular formula is C19H12FNO2. The zero-order chi connectivity index (χ0) is 16.4. The van der Waals surface area contributed by atoms with Gasteiger partial charge in [0, 0.05) is 11.1 Å². The first-order valence-corrected chi connectivity index (χ1v) is 6.96.